The minimum Gasteiger partial charge on any atom is -0.142 e. The van der Waals surface area contributed by atoms with Crippen LogP contribution < -0.4 is 0 Å². The molecule has 0 bridgehead atoms. The Kier molecular flexibility index (Phi) is 3.72. The summed E-state index contributed by atoms with van der Waals surface area (Å²) in [5.41, 5.74) is 4.42. The Morgan fingerprint density at radius 3 is 2.12 bits per heavy atom. The molecule has 2 aromatic rings. The second-order valence-corrected chi connectivity index (χ2v) is 5.30. The molecule has 0 aromatic heterocycles. The molecule has 17 heavy (non-hydrogen) atoms. The summed E-state index contributed by atoms with van der Waals surface area (Å²) in [4.78, 5) is 0.706. The highest BCUT2D eigenvalue weighted by Gasteiger charge is 2.11. The summed E-state index contributed by atoms with van der Waals surface area (Å²) in [6.45, 7) is 4.03. The normalized spacial score (nSPS) is 10.6. The van der Waals surface area contributed by atoms with Gasteiger partial charge in [0, 0.05) is 4.90 Å². The predicted molar refractivity (Wildman–Crippen MR) is 78.6 cm³/mol. The molecule has 0 aliphatic heterocycles. The van der Waals surface area contributed by atoms with E-state index in [1.165, 1.54) is 5.56 Å². The van der Waals surface area contributed by atoms with Crippen LogP contribution in [0.1, 0.15) is 11.1 Å². The van der Waals surface area contributed by atoms with Gasteiger partial charge in [0.2, 0.25) is 0 Å². The third-order valence-corrected chi connectivity index (χ3v) is 4.24. The molecule has 0 atom stereocenters. The molecule has 0 saturated heterocycles. The summed E-state index contributed by atoms with van der Waals surface area (Å²) < 4.78 is 0. The number of aryl methyl sites for hydroxylation is 1. The van der Waals surface area contributed by atoms with Gasteiger partial charge in [0.1, 0.15) is 0 Å². The average molecular weight is 283 g/mol. The monoisotopic (exact) mass is 282 g/mol. The molecule has 0 amide bonds. The molecule has 0 spiro atoms. The summed E-state index contributed by atoms with van der Waals surface area (Å²) in [5.74, 6) is 0. The van der Waals surface area contributed by atoms with Crippen molar-refractivity contribution in [3.8, 4) is 11.1 Å². The van der Waals surface area contributed by atoms with Crippen molar-refractivity contribution >= 4 is 35.8 Å². The van der Waals surface area contributed by atoms with E-state index in [-0.39, 0.29) is 0 Å². The summed E-state index contributed by atoms with van der Waals surface area (Å²) in [5, 5.41) is 1.10. The van der Waals surface area contributed by atoms with Gasteiger partial charge in [0.15, 0.2) is 0 Å². The van der Waals surface area contributed by atoms with Crippen LogP contribution in [0.25, 0.3) is 11.1 Å². The summed E-state index contributed by atoms with van der Waals surface area (Å²) >= 11 is 16.6. The van der Waals surface area contributed by atoms with Gasteiger partial charge in [0.25, 0.3) is 0 Å². The van der Waals surface area contributed by atoms with E-state index in [2.05, 4.69) is 43.8 Å². The third-order valence-electron chi connectivity index (χ3n) is 2.79. The van der Waals surface area contributed by atoms with Gasteiger partial charge in [-0.25, -0.2) is 0 Å². The average Bonchev–Trinajstić information content (AvgIpc) is 2.32. The molecule has 0 unspecified atom stereocenters. The van der Waals surface area contributed by atoms with Gasteiger partial charge in [-0.3, -0.25) is 0 Å². The molecule has 0 fully saturated rings. The van der Waals surface area contributed by atoms with Crippen LogP contribution >= 0.6 is 35.8 Å². The lowest BCUT2D eigenvalue weighted by Gasteiger charge is -2.11. The molecular weight excluding hydrogens is 271 g/mol. The molecule has 0 aliphatic carbocycles. The number of hydrogen-bond donors (Lipinski definition) is 1. The van der Waals surface area contributed by atoms with Gasteiger partial charge in [0.05, 0.1) is 10.0 Å². The van der Waals surface area contributed by atoms with E-state index in [0.717, 1.165) is 16.7 Å². The Hall–Kier alpha value is -0.630. The molecule has 0 radical (unpaired) electrons. The highest BCUT2D eigenvalue weighted by molar-refractivity contribution is 7.80. The van der Waals surface area contributed by atoms with Crippen molar-refractivity contribution < 1.29 is 0 Å². The van der Waals surface area contributed by atoms with E-state index in [0.29, 0.717) is 14.9 Å². The Bertz CT molecular complexity index is 559. The Morgan fingerprint density at radius 2 is 1.53 bits per heavy atom. The Morgan fingerprint density at radius 1 is 0.941 bits per heavy atom. The third kappa shape index (κ3) is 2.47. The second-order valence-electron chi connectivity index (χ2n) is 4.06. The maximum atomic E-state index is 6.19. The quantitative estimate of drug-likeness (QED) is 0.650. The highest BCUT2D eigenvalue weighted by Crippen LogP contribution is 2.38. The first-order chi connectivity index (χ1) is 8.00. The summed E-state index contributed by atoms with van der Waals surface area (Å²) in [6, 6.07) is 10.3. The van der Waals surface area contributed by atoms with Crippen LogP contribution in [-0.4, -0.2) is 0 Å². The zero-order valence-corrected chi connectivity index (χ0v) is 12.0. The molecule has 88 valence electrons. The van der Waals surface area contributed by atoms with Crippen LogP contribution in [0, 0.1) is 13.8 Å². The molecular formula is C14H12Cl2S. The van der Waals surface area contributed by atoms with Crippen molar-refractivity contribution in [3.63, 3.8) is 0 Å². The minimum absolute atomic E-state index is 0.517. The molecule has 0 aliphatic rings. The molecule has 2 rings (SSSR count). The zero-order valence-electron chi connectivity index (χ0n) is 9.59. The van der Waals surface area contributed by atoms with Crippen LogP contribution in [0.3, 0.4) is 0 Å². The number of halogens is 2. The van der Waals surface area contributed by atoms with E-state index >= 15 is 0 Å². The lowest BCUT2D eigenvalue weighted by Crippen LogP contribution is -1.87. The highest BCUT2D eigenvalue weighted by atomic mass is 35.5. The second kappa shape index (κ2) is 4.93. The number of rotatable bonds is 1. The summed E-state index contributed by atoms with van der Waals surface area (Å²) in [7, 11) is 0. The molecule has 0 saturated carbocycles. The fraction of sp³-hybridized carbons (Fsp3) is 0.143. The van der Waals surface area contributed by atoms with Gasteiger partial charge < -0.3 is 0 Å². The van der Waals surface area contributed by atoms with Crippen LogP contribution in [-0.2, 0) is 0 Å². The zero-order chi connectivity index (χ0) is 12.6. The minimum atomic E-state index is 0.517. The van der Waals surface area contributed by atoms with E-state index < -0.39 is 0 Å². The molecule has 3 heteroatoms. The fourth-order valence-electron chi connectivity index (χ4n) is 1.74. The van der Waals surface area contributed by atoms with E-state index in [4.69, 9.17) is 23.2 Å². The van der Waals surface area contributed by atoms with E-state index in [1.807, 2.05) is 13.0 Å². The molecule has 2 aromatic carbocycles. The van der Waals surface area contributed by atoms with Gasteiger partial charge in [-0.05, 0) is 36.6 Å². The predicted octanol–water partition coefficient (Wildman–Crippen LogP) is 5.57. The largest absolute Gasteiger partial charge is 0.142 e. The van der Waals surface area contributed by atoms with Crippen molar-refractivity contribution in [2.24, 2.45) is 0 Å². The van der Waals surface area contributed by atoms with Crippen molar-refractivity contribution in [1.29, 1.82) is 0 Å². The lowest BCUT2D eigenvalue weighted by atomic mass is 9.99. The molecule has 0 N–H and O–H groups in total. The Balaban J connectivity index is 2.64. The van der Waals surface area contributed by atoms with Crippen molar-refractivity contribution in [1.82, 2.24) is 0 Å². The fourth-order valence-corrected chi connectivity index (χ4v) is 2.44. The maximum absolute atomic E-state index is 6.19. The van der Waals surface area contributed by atoms with Crippen LogP contribution in [0.2, 0.25) is 10.0 Å². The van der Waals surface area contributed by atoms with Gasteiger partial charge >= 0.3 is 0 Å². The maximum Gasteiger partial charge on any atom is 0.0728 e. The lowest BCUT2D eigenvalue weighted by molar-refractivity contribution is 1.37. The van der Waals surface area contributed by atoms with Crippen LogP contribution in [0.15, 0.2) is 35.2 Å². The number of hydrogen-bond acceptors (Lipinski definition) is 1. The Labute approximate surface area is 117 Å². The van der Waals surface area contributed by atoms with Crippen LogP contribution in [0.4, 0.5) is 0 Å². The molecule has 0 heterocycles. The first kappa shape index (κ1) is 12.8. The van der Waals surface area contributed by atoms with E-state index in [9.17, 15) is 0 Å². The first-order valence-corrected chi connectivity index (χ1v) is 6.45. The van der Waals surface area contributed by atoms with Gasteiger partial charge in [-0.15, -0.1) is 12.6 Å². The van der Waals surface area contributed by atoms with Crippen molar-refractivity contribution in [2.45, 2.75) is 18.7 Å². The molecule has 0 nitrogen and oxygen atoms in total. The topological polar surface area (TPSA) is 0 Å². The first-order valence-electron chi connectivity index (χ1n) is 5.25. The summed E-state index contributed by atoms with van der Waals surface area (Å²) in [6.07, 6.45) is 0. The van der Waals surface area contributed by atoms with E-state index in [1.54, 1.807) is 0 Å². The number of thiol groups is 1. The smallest absolute Gasteiger partial charge is 0.0728 e. The van der Waals surface area contributed by atoms with Crippen molar-refractivity contribution in [2.75, 3.05) is 0 Å². The van der Waals surface area contributed by atoms with Crippen LogP contribution in [0.5, 0.6) is 0 Å². The standard InChI is InChI=1S/C14H12Cl2S/c1-8-3-5-10(6-4-8)11-7-12(17)14(16)13(15)9(11)2/h3-7,17H,1-2H3. The van der Waals surface area contributed by atoms with Gasteiger partial charge in [-0.2, -0.15) is 0 Å². The number of benzene rings is 2. The van der Waals surface area contributed by atoms with Crippen molar-refractivity contribution in [3.05, 3.63) is 51.5 Å². The van der Waals surface area contributed by atoms with Gasteiger partial charge in [-0.1, -0.05) is 53.0 Å². The SMILES string of the molecule is Cc1ccc(-c2cc(S)c(Cl)c(Cl)c2C)cc1.